The highest BCUT2D eigenvalue weighted by atomic mass is 35.5. The maximum absolute atomic E-state index is 12.2. The first-order chi connectivity index (χ1) is 10.3. The number of alkyl halides is 3. The van der Waals surface area contributed by atoms with Crippen molar-refractivity contribution in [3.63, 3.8) is 0 Å². The molecule has 0 atom stereocenters. The summed E-state index contributed by atoms with van der Waals surface area (Å²) in [6.45, 7) is 0. The number of carbonyl (C=O) groups is 1. The minimum absolute atomic E-state index is 0.156. The van der Waals surface area contributed by atoms with E-state index in [-0.39, 0.29) is 17.9 Å². The number of benzene rings is 2. The third kappa shape index (κ3) is 5.41. The van der Waals surface area contributed by atoms with Gasteiger partial charge in [0.25, 0.3) is 0 Å². The standard InChI is InChI=1S/C16H13ClF3NO/c17-13-5-1-11(2-6-13)9-15(22)21-14-7-3-12(4-8-14)10-16(18,19)20/h1-8H,9-10H2,(H,21,22). The Balaban J connectivity index is 1.93. The van der Waals surface area contributed by atoms with Crippen LogP contribution >= 0.6 is 11.6 Å². The molecule has 2 nitrogen and oxygen atoms in total. The van der Waals surface area contributed by atoms with Crippen molar-refractivity contribution in [1.82, 2.24) is 0 Å². The van der Waals surface area contributed by atoms with Gasteiger partial charge in [-0.25, -0.2) is 0 Å². The van der Waals surface area contributed by atoms with E-state index < -0.39 is 12.6 Å². The lowest BCUT2D eigenvalue weighted by atomic mass is 10.1. The molecule has 22 heavy (non-hydrogen) atoms. The third-order valence-electron chi connectivity index (χ3n) is 2.92. The second kappa shape index (κ2) is 6.83. The first kappa shape index (κ1) is 16.4. The fourth-order valence-electron chi connectivity index (χ4n) is 1.93. The zero-order chi connectivity index (χ0) is 16.2. The van der Waals surface area contributed by atoms with Crippen molar-refractivity contribution >= 4 is 23.2 Å². The molecule has 0 spiro atoms. The van der Waals surface area contributed by atoms with Gasteiger partial charge in [0.2, 0.25) is 5.91 Å². The van der Waals surface area contributed by atoms with Gasteiger partial charge in [-0.15, -0.1) is 0 Å². The van der Waals surface area contributed by atoms with Crippen LogP contribution in [0.2, 0.25) is 5.02 Å². The molecule has 1 amide bonds. The second-order valence-electron chi connectivity index (χ2n) is 4.84. The van der Waals surface area contributed by atoms with E-state index in [4.69, 9.17) is 11.6 Å². The van der Waals surface area contributed by atoms with Crippen molar-refractivity contribution < 1.29 is 18.0 Å². The Bertz CT molecular complexity index is 636. The van der Waals surface area contributed by atoms with Crippen LogP contribution in [0.1, 0.15) is 11.1 Å². The molecule has 0 aliphatic heterocycles. The van der Waals surface area contributed by atoms with Crippen LogP contribution in [0.3, 0.4) is 0 Å². The van der Waals surface area contributed by atoms with Gasteiger partial charge in [-0.1, -0.05) is 35.9 Å². The Kier molecular flexibility index (Phi) is 5.08. The van der Waals surface area contributed by atoms with Crippen LogP contribution in [0, 0.1) is 0 Å². The van der Waals surface area contributed by atoms with Crippen molar-refractivity contribution in [1.29, 1.82) is 0 Å². The molecule has 0 saturated heterocycles. The van der Waals surface area contributed by atoms with E-state index in [0.29, 0.717) is 10.7 Å². The fourth-order valence-corrected chi connectivity index (χ4v) is 2.06. The quantitative estimate of drug-likeness (QED) is 0.871. The lowest BCUT2D eigenvalue weighted by Crippen LogP contribution is -2.15. The first-order valence-electron chi connectivity index (χ1n) is 6.52. The minimum atomic E-state index is -4.24. The molecule has 0 aliphatic carbocycles. The number of amides is 1. The van der Waals surface area contributed by atoms with E-state index in [1.54, 1.807) is 24.3 Å². The zero-order valence-electron chi connectivity index (χ0n) is 11.5. The topological polar surface area (TPSA) is 29.1 Å². The van der Waals surface area contributed by atoms with E-state index in [1.165, 1.54) is 24.3 Å². The predicted molar refractivity (Wildman–Crippen MR) is 80.0 cm³/mol. The molecule has 2 aromatic carbocycles. The Hall–Kier alpha value is -2.01. The number of hydrogen-bond acceptors (Lipinski definition) is 1. The molecule has 0 saturated carbocycles. The molecule has 0 fully saturated rings. The van der Waals surface area contributed by atoms with Crippen molar-refractivity contribution in [3.8, 4) is 0 Å². The number of nitrogens with one attached hydrogen (secondary N) is 1. The number of anilines is 1. The summed E-state index contributed by atoms with van der Waals surface area (Å²) >= 11 is 5.76. The molecule has 2 aromatic rings. The van der Waals surface area contributed by atoms with Gasteiger partial charge in [0, 0.05) is 10.7 Å². The van der Waals surface area contributed by atoms with Crippen LogP contribution in [-0.2, 0) is 17.6 Å². The van der Waals surface area contributed by atoms with Crippen LogP contribution in [0.25, 0.3) is 0 Å². The molecule has 0 unspecified atom stereocenters. The second-order valence-corrected chi connectivity index (χ2v) is 5.28. The van der Waals surface area contributed by atoms with Gasteiger partial charge in [0.05, 0.1) is 12.8 Å². The zero-order valence-corrected chi connectivity index (χ0v) is 12.2. The maximum atomic E-state index is 12.2. The van der Waals surface area contributed by atoms with Crippen LogP contribution in [0.5, 0.6) is 0 Å². The molecular weight excluding hydrogens is 315 g/mol. The molecule has 2 rings (SSSR count). The summed E-state index contributed by atoms with van der Waals surface area (Å²) in [4.78, 5) is 11.9. The third-order valence-corrected chi connectivity index (χ3v) is 3.17. The summed E-state index contributed by atoms with van der Waals surface area (Å²) in [7, 11) is 0. The largest absolute Gasteiger partial charge is 0.393 e. The van der Waals surface area contributed by atoms with Gasteiger partial charge in [-0.3, -0.25) is 4.79 Å². The number of hydrogen-bond donors (Lipinski definition) is 1. The average molecular weight is 328 g/mol. The first-order valence-corrected chi connectivity index (χ1v) is 6.89. The summed E-state index contributed by atoms with van der Waals surface area (Å²) in [6.07, 6.45) is -5.05. The molecule has 0 aromatic heterocycles. The smallest absolute Gasteiger partial charge is 0.326 e. The average Bonchev–Trinajstić information content (AvgIpc) is 2.42. The lowest BCUT2D eigenvalue weighted by molar-refractivity contribution is -0.127. The number of carbonyl (C=O) groups excluding carboxylic acids is 1. The molecule has 0 heterocycles. The van der Waals surface area contributed by atoms with Crippen molar-refractivity contribution in [3.05, 3.63) is 64.7 Å². The summed E-state index contributed by atoms with van der Waals surface area (Å²) in [5, 5.41) is 3.23. The van der Waals surface area contributed by atoms with Crippen molar-refractivity contribution in [2.45, 2.75) is 19.0 Å². The molecule has 1 N–H and O–H groups in total. The van der Waals surface area contributed by atoms with Crippen molar-refractivity contribution in [2.75, 3.05) is 5.32 Å². The number of halogens is 4. The van der Waals surface area contributed by atoms with E-state index >= 15 is 0 Å². The molecule has 0 aliphatic rings. The van der Waals surface area contributed by atoms with E-state index in [2.05, 4.69) is 5.32 Å². The normalized spacial score (nSPS) is 11.3. The van der Waals surface area contributed by atoms with Gasteiger partial charge in [-0.05, 0) is 35.4 Å². The predicted octanol–water partition coefficient (Wildman–Crippen LogP) is 4.63. The van der Waals surface area contributed by atoms with Gasteiger partial charge >= 0.3 is 6.18 Å². The summed E-state index contributed by atoms with van der Waals surface area (Å²) in [5.41, 5.74) is 1.42. The van der Waals surface area contributed by atoms with Crippen LogP contribution in [0.15, 0.2) is 48.5 Å². The molecule has 116 valence electrons. The van der Waals surface area contributed by atoms with Gasteiger partial charge in [-0.2, -0.15) is 13.2 Å². The number of rotatable bonds is 4. The molecule has 0 bridgehead atoms. The van der Waals surface area contributed by atoms with Gasteiger partial charge < -0.3 is 5.32 Å². The molecular formula is C16H13ClF3NO. The van der Waals surface area contributed by atoms with Gasteiger partial charge in [0.15, 0.2) is 0 Å². The van der Waals surface area contributed by atoms with E-state index in [1.807, 2.05) is 0 Å². The van der Waals surface area contributed by atoms with Crippen LogP contribution in [0.4, 0.5) is 18.9 Å². The lowest BCUT2D eigenvalue weighted by Gasteiger charge is -2.08. The van der Waals surface area contributed by atoms with Gasteiger partial charge in [0.1, 0.15) is 0 Å². The highest BCUT2D eigenvalue weighted by molar-refractivity contribution is 6.30. The fraction of sp³-hybridized carbons (Fsp3) is 0.188. The minimum Gasteiger partial charge on any atom is -0.326 e. The maximum Gasteiger partial charge on any atom is 0.393 e. The Morgan fingerprint density at radius 3 is 2.05 bits per heavy atom. The Morgan fingerprint density at radius 2 is 1.50 bits per heavy atom. The van der Waals surface area contributed by atoms with E-state index in [0.717, 1.165) is 5.56 Å². The molecule has 6 heteroatoms. The van der Waals surface area contributed by atoms with Crippen LogP contribution < -0.4 is 5.32 Å². The Labute approximate surface area is 130 Å². The highest BCUT2D eigenvalue weighted by Gasteiger charge is 2.27. The highest BCUT2D eigenvalue weighted by Crippen LogP contribution is 2.22. The summed E-state index contributed by atoms with van der Waals surface area (Å²) < 4.78 is 36.7. The molecule has 0 radical (unpaired) electrons. The van der Waals surface area contributed by atoms with E-state index in [9.17, 15) is 18.0 Å². The summed E-state index contributed by atoms with van der Waals surface area (Å²) in [5.74, 6) is -0.245. The Morgan fingerprint density at radius 1 is 0.955 bits per heavy atom. The van der Waals surface area contributed by atoms with Crippen LogP contribution in [-0.4, -0.2) is 12.1 Å². The van der Waals surface area contributed by atoms with Crippen molar-refractivity contribution in [2.24, 2.45) is 0 Å². The summed E-state index contributed by atoms with van der Waals surface area (Å²) in [6, 6.07) is 12.5. The monoisotopic (exact) mass is 327 g/mol. The SMILES string of the molecule is O=C(Cc1ccc(Cl)cc1)Nc1ccc(CC(F)(F)F)cc1.